The molecule has 0 unspecified atom stereocenters. The number of fused-ring (bicyclic) bond motifs is 1. The Morgan fingerprint density at radius 3 is 2.75 bits per heavy atom. The van der Waals surface area contributed by atoms with Crippen LogP contribution in [0, 0.1) is 0 Å². The first-order valence-corrected chi connectivity index (χ1v) is 6.25. The molecule has 2 N–H and O–H groups in total. The zero-order chi connectivity index (χ0) is 14.1. The van der Waals surface area contributed by atoms with Gasteiger partial charge in [-0.1, -0.05) is 18.2 Å². The largest absolute Gasteiger partial charge is 0.465 e. The molecule has 2 aromatic carbocycles. The summed E-state index contributed by atoms with van der Waals surface area (Å²) in [6, 6.07) is 15.1. The van der Waals surface area contributed by atoms with E-state index in [0.29, 0.717) is 11.3 Å². The number of nitrogens with two attached hydrogens (primary N) is 1. The van der Waals surface area contributed by atoms with Crippen LogP contribution in [0.1, 0.15) is 10.4 Å². The van der Waals surface area contributed by atoms with Crippen molar-refractivity contribution in [1.29, 1.82) is 0 Å². The standard InChI is InChI=1S/C16H14N2O2/c1-20-16(19)12-6-7-13(17)15(10-12)18-9-8-11-4-2-3-5-14(11)18/h2-10H,17H2,1H3. The second kappa shape index (κ2) is 4.74. The lowest BCUT2D eigenvalue weighted by Gasteiger charge is -2.10. The molecular formula is C16H14N2O2. The van der Waals surface area contributed by atoms with E-state index in [9.17, 15) is 4.79 Å². The number of aromatic nitrogens is 1. The van der Waals surface area contributed by atoms with Crippen LogP contribution in [-0.4, -0.2) is 17.6 Å². The fourth-order valence-electron chi connectivity index (χ4n) is 2.29. The summed E-state index contributed by atoms with van der Waals surface area (Å²) in [6.45, 7) is 0. The highest BCUT2D eigenvalue weighted by atomic mass is 16.5. The molecule has 0 saturated carbocycles. The smallest absolute Gasteiger partial charge is 0.337 e. The molecule has 0 fully saturated rings. The molecule has 0 radical (unpaired) electrons. The lowest BCUT2D eigenvalue weighted by Crippen LogP contribution is -2.05. The number of hydrogen-bond donors (Lipinski definition) is 1. The third-order valence-corrected chi connectivity index (χ3v) is 3.31. The first-order chi connectivity index (χ1) is 9.70. The number of rotatable bonds is 2. The molecule has 0 spiro atoms. The minimum atomic E-state index is -0.372. The second-order valence-electron chi connectivity index (χ2n) is 4.51. The van der Waals surface area contributed by atoms with Crippen LogP contribution in [0.2, 0.25) is 0 Å². The van der Waals surface area contributed by atoms with Crippen molar-refractivity contribution >= 4 is 22.6 Å². The van der Waals surface area contributed by atoms with Crippen molar-refractivity contribution in [1.82, 2.24) is 4.57 Å². The predicted octanol–water partition coefficient (Wildman–Crippen LogP) is 3.00. The van der Waals surface area contributed by atoms with Crippen molar-refractivity contribution in [2.75, 3.05) is 12.8 Å². The summed E-state index contributed by atoms with van der Waals surface area (Å²) in [5.41, 5.74) is 8.95. The molecule has 0 aliphatic carbocycles. The minimum Gasteiger partial charge on any atom is -0.465 e. The van der Waals surface area contributed by atoms with Crippen LogP contribution in [0.15, 0.2) is 54.7 Å². The molecule has 3 aromatic rings. The number of carbonyl (C=O) groups excluding carboxylic acids is 1. The zero-order valence-electron chi connectivity index (χ0n) is 11.0. The van der Waals surface area contributed by atoms with Gasteiger partial charge in [-0.15, -0.1) is 0 Å². The van der Waals surface area contributed by atoms with Crippen molar-refractivity contribution in [2.24, 2.45) is 0 Å². The number of methoxy groups -OCH3 is 1. The van der Waals surface area contributed by atoms with Gasteiger partial charge in [-0.05, 0) is 35.7 Å². The molecular weight excluding hydrogens is 252 g/mol. The van der Waals surface area contributed by atoms with Gasteiger partial charge in [0.25, 0.3) is 0 Å². The highest BCUT2D eigenvalue weighted by Crippen LogP contribution is 2.25. The Bertz CT molecular complexity index is 790. The SMILES string of the molecule is COC(=O)c1ccc(N)c(-n2ccc3ccccc32)c1. The van der Waals surface area contributed by atoms with Crippen molar-refractivity contribution in [3.63, 3.8) is 0 Å². The first kappa shape index (κ1) is 12.3. The Hall–Kier alpha value is -2.75. The molecule has 0 amide bonds. The average molecular weight is 266 g/mol. The maximum Gasteiger partial charge on any atom is 0.337 e. The monoisotopic (exact) mass is 266 g/mol. The number of esters is 1. The van der Waals surface area contributed by atoms with E-state index in [4.69, 9.17) is 10.5 Å². The van der Waals surface area contributed by atoms with Crippen molar-refractivity contribution < 1.29 is 9.53 Å². The molecule has 1 aromatic heterocycles. The Morgan fingerprint density at radius 2 is 1.95 bits per heavy atom. The number of benzene rings is 2. The molecule has 0 saturated heterocycles. The van der Waals surface area contributed by atoms with E-state index in [0.717, 1.165) is 16.6 Å². The van der Waals surface area contributed by atoms with E-state index < -0.39 is 0 Å². The number of para-hydroxylation sites is 1. The molecule has 100 valence electrons. The molecule has 4 heteroatoms. The number of nitrogen functional groups attached to an aromatic ring is 1. The molecule has 0 bridgehead atoms. The number of ether oxygens (including phenoxy) is 1. The molecule has 4 nitrogen and oxygen atoms in total. The van der Waals surface area contributed by atoms with Crippen molar-refractivity contribution in [3.05, 3.63) is 60.3 Å². The maximum absolute atomic E-state index is 11.6. The number of carbonyl (C=O) groups is 1. The van der Waals surface area contributed by atoms with Crippen LogP contribution >= 0.6 is 0 Å². The average Bonchev–Trinajstić information content (AvgIpc) is 2.91. The lowest BCUT2D eigenvalue weighted by molar-refractivity contribution is 0.0601. The van der Waals surface area contributed by atoms with Gasteiger partial charge < -0.3 is 15.0 Å². The second-order valence-corrected chi connectivity index (χ2v) is 4.51. The number of nitrogens with zero attached hydrogens (tertiary/aromatic N) is 1. The van der Waals surface area contributed by atoms with E-state index in [2.05, 4.69) is 0 Å². The normalized spacial score (nSPS) is 10.7. The van der Waals surface area contributed by atoms with Crippen LogP contribution in [0.5, 0.6) is 0 Å². The van der Waals surface area contributed by atoms with Gasteiger partial charge in [0, 0.05) is 6.20 Å². The van der Waals surface area contributed by atoms with E-state index >= 15 is 0 Å². The van der Waals surface area contributed by atoms with Crippen molar-refractivity contribution in [3.8, 4) is 5.69 Å². The van der Waals surface area contributed by atoms with E-state index in [-0.39, 0.29) is 5.97 Å². The Labute approximate surface area is 116 Å². The van der Waals surface area contributed by atoms with Gasteiger partial charge in [-0.2, -0.15) is 0 Å². The van der Waals surface area contributed by atoms with Gasteiger partial charge in [0.15, 0.2) is 0 Å². The van der Waals surface area contributed by atoms with Crippen LogP contribution in [-0.2, 0) is 4.74 Å². The fraction of sp³-hybridized carbons (Fsp3) is 0.0625. The molecule has 0 aliphatic heterocycles. The van der Waals surface area contributed by atoms with Gasteiger partial charge in [0.05, 0.1) is 29.6 Å². The molecule has 0 aliphatic rings. The third-order valence-electron chi connectivity index (χ3n) is 3.31. The van der Waals surface area contributed by atoms with Gasteiger partial charge in [-0.25, -0.2) is 4.79 Å². The van der Waals surface area contributed by atoms with Gasteiger partial charge >= 0.3 is 5.97 Å². The van der Waals surface area contributed by atoms with Crippen LogP contribution < -0.4 is 5.73 Å². The summed E-state index contributed by atoms with van der Waals surface area (Å²) < 4.78 is 6.72. The lowest BCUT2D eigenvalue weighted by atomic mass is 10.1. The van der Waals surface area contributed by atoms with E-state index in [1.54, 1.807) is 18.2 Å². The van der Waals surface area contributed by atoms with E-state index in [1.807, 2.05) is 41.1 Å². The highest BCUT2D eigenvalue weighted by Gasteiger charge is 2.11. The molecule has 3 rings (SSSR count). The van der Waals surface area contributed by atoms with E-state index in [1.165, 1.54) is 7.11 Å². The Kier molecular flexibility index (Phi) is 2.91. The maximum atomic E-state index is 11.6. The summed E-state index contributed by atoms with van der Waals surface area (Å²) in [7, 11) is 1.36. The molecule has 1 heterocycles. The third kappa shape index (κ3) is 1.91. The highest BCUT2D eigenvalue weighted by molar-refractivity contribution is 5.91. The van der Waals surface area contributed by atoms with Gasteiger partial charge in [0.1, 0.15) is 0 Å². The fourth-order valence-corrected chi connectivity index (χ4v) is 2.29. The minimum absolute atomic E-state index is 0.372. The Morgan fingerprint density at radius 1 is 1.15 bits per heavy atom. The summed E-state index contributed by atoms with van der Waals surface area (Å²) in [6.07, 6.45) is 1.94. The van der Waals surface area contributed by atoms with Crippen LogP contribution in [0.3, 0.4) is 0 Å². The summed E-state index contributed by atoms with van der Waals surface area (Å²) in [4.78, 5) is 11.6. The number of hydrogen-bond acceptors (Lipinski definition) is 3. The van der Waals surface area contributed by atoms with Crippen LogP contribution in [0.25, 0.3) is 16.6 Å². The molecule has 0 atom stereocenters. The first-order valence-electron chi connectivity index (χ1n) is 6.25. The quantitative estimate of drug-likeness (QED) is 0.573. The van der Waals surface area contributed by atoms with Gasteiger partial charge in [0.2, 0.25) is 0 Å². The van der Waals surface area contributed by atoms with Crippen molar-refractivity contribution in [2.45, 2.75) is 0 Å². The predicted molar refractivity (Wildman–Crippen MR) is 79.0 cm³/mol. The topological polar surface area (TPSA) is 57.2 Å². The molecule has 20 heavy (non-hydrogen) atoms. The Balaban J connectivity index is 2.21. The summed E-state index contributed by atoms with van der Waals surface area (Å²) >= 11 is 0. The summed E-state index contributed by atoms with van der Waals surface area (Å²) in [5, 5.41) is 1.12. The van der Waals surface area contributed by atoms with Crippen LogP contribution in [0.4, 0.5) is 5.69 Å². The number of anilines is 1. The summed E-state index contributed by atoms with van der Waals surface area (Å²) in [5.74, 6) is -0.372. The zero-order valence-corrected chi connectivity index (χ0v) is 11.0. The van der Waals surface area contributed by atoms with Gasteiger partial charge in [-0.3, -0.25) is 0 Å².